The zero-order chi connectivity index (χ0) is 24.0. The topological polar surface area (TPSA) is 177 Å². The summed E-state index contributed by atoms with van der Waals surface area (Å²) in [5.41, 5.74) is 10.8. The third kappa shape index (κ3) is 6.27. The van der Waals surface area contributed by atoms with Crippen molar-refractivity contribution >= 4 is 49.7 Å². The highest BCUT2D eigenvalue weighted by atomic mass is 32.2. The number of sulfonamides is 1. The molecule has 176 valence electrons. The van der Waals surface area contributed by atoms with E-state index in [0.717, 1.165) is 16.7 Å². The summed E-state index contributed by atoms with van der Waals surface area (Å²) in [4.78, 5) is 24.5. The van der Waals surface area contributed by atoms with Crippen LogP contribution < -0.4 is 26.8 Å². The van der Waals surface area contributed by atoms with E-state index in [4.69, 9.17) is 11.5 Å². The van der Waals surface area contributed by atoms with Gasteiger partial charge in [0.15, 0.2) is 0 Å². The molecule has 8 N–H and O–H groups in total. The molecule has 3 aromatic rings. The van der Waals surface area contributed by atoms with Gasteiger partial charge in [0, 0.05) is 5.39 Å². The summed E-state index contributed by atoms with van der Waals surface area (Å²) in [5.74, 6) is -1.88. The Labute approximate surface area is 195 Å². The Hall–Kier alpha value is -3.03. The molecule has 0 bridgehead atoms. The summed E-state index contributed by atoms with van der Waals surface area (Å²) in [6.07, 6.45) is -0.164. The van der Waals surface area contributed by atoms with E-state index >= 15 is 0 Å². The SMILES string of the molecule is NC(N)NCCC[C@H](NC(=O)c1sccc1NS(=O)(=O)c1cccc2ccccc12)C(=O)O. The second kappa shape index (κ2) is 10.7. The van der Waals surface area contributed by atoms with Gasteiger partial charge in [-0.05, 0) is 42.3 Å². The fraction of sp³-hybridized carbons (Fsp3) is 0.238. The van der Waals surface area contributed by atoms with Crippen LogP contribution in [-0.4, -0.2) is 44.3 Å². The molecule has 3 rings (SSSR count). The highest BCUT2D eigenvalue weighted by Crippen LogP contribution is 2.28. The van der Waals surface area contributed by atoms with Gasteiger partial charge < -0.3 is 21.9 Å². The zero-order valence-corrected chi connectivity index (χ0v) is 19.2. The first kappa shape index (κ1) is 24.6. The number of benzene rings is 2. The van der Waals surface area contributed by atoms with Crippen molar-refractivity contribution < 1.29 is 23.1 Å². The Balaban J connectivity index is 1.75. The molecule has 33 heavy (non-hydrogen) atoms. The molecule has 0 saturated carbocycles. The standard InChI is InChI=1S/C21H25N5O5S2/c22-21(23)24-11-4-8-16(20(28)29)25-19(27)18-15(10-12-32-18)26-33(30,31)17-9-3-6-13-5-1-2-7-14(13)17/h1-3,5-7,9-10,12,16,21,24,26H,4,8,11,22-23H2,(H,25,27)(H,28,29)/t16-/m0/s1. The molecule has 0 radical (unpaired) electrons. The number of carbonyl (C=O) groups is 2. The van der Waals surface area contributed by atoms with E-state index < -0.39 is 34.2 Å². The molecule has 1 atom stereocenters. The fourth-order valence-corrected chi connectivity index (χ4v) is 5.37. The monoisotopic (exact) mass is 491 g/mol. The lowest BCUT2D eigenvalue weighted by Gasteiger charge is -2.16. The number of rotatable bonds is 11. The summed E-state index contributed by atoms with van der Waals surface area (Å²) in [6, 6.07) is 12.3. The number of amides is 1. The molecule has 1 aromatic heterocycles. The van der Waals surface area contributed by atoms with Gasteiger partial charge in [-0.3, -0.25) is 14.8 Å². The van der Waals surface area contributed by atoms with E-state index in [1.807, 2.05) is 6.07 Å². The summed E-state index contributed by atoms with van der Waals surface area (Å²) >= 11 is 1.01. The van der Waals surface area contributed by atoms with Crippen LogP contribution in [0.25, 0.3) is 10.8 Å². The van der Waals surface area contributed by atoms with Crippen LogP contribution in [0.2, 0.25) is 0 Å². The lowest BCUT2D eigenvalue weighted by Crippen LogP contribution is -2.46. The number of carboxylic acid groups (broad SMARTS) is 1. The first-order valence-corrected chi connectivity index (χ1v) is 12.4. The number of hydrogen-bond donors (Lipinski definition) is 6. The molecule has 0 aliphatic heterocycles. The predicted octanol–water partition coefficient (Wildman–Crippen LogP) is 1.46. The molecular formula is C21H25N5O5S2. The second-order valence-corrected chi connectivity index (χ2v) is 9.80. The van der Waals surface area contributed by atoms with Crippen LogP contribution in [0.4, 0.5) is 5.69 Å². The third-order valence-corrected chi connectivity index (χ3v) is 7.14. The Bertz CT molecular complexity index is 1240. The summed E-state index contributed by atoms with van der Waals surface area (Å²) in [7, 11) is -4.01. The minimum atomic E-state index is -4.01. The van der Waals surface area contributed by atoms with Crippen LogP contribution in [-0.2, 0) is 14.8 Å². The van der Waals surface area contributed by atoms with Crippen molar-refractivity contribution in [1.82, 2.24) is 10.6 Å². The van der Waals surface area contributed by atoms with Crippen molar-refractivity contribution in [1.29, 1.82) is 0 Å². The quantitative estimate of drug-likeness (QED) is 0.172. The molecule has 0 saturated heterocycles. The Morgan fingerprint density at radius 3 is 2.52 bits per heavy atom. The molecule has 0 aliphatic rings. The highest BCUT2D eigenvalue weighted by molar-refractivity contribution is 7.93. The van der Waals surface area contributed by atoms with E-state index in [2.05, 4.69) is 15.4 Å². The van der Waals surface area contributed by atoms with Crippen LogP contribution in [0, 0.1) is 0 Å². The van der Waals surface area contributed by atoms with Crippen LogP contribution in [0.3, 0.4) is 0 Å². The Morgan fingerprint density at radius 2 is 1.79 bits per heavy atom. The number of hydrogen-bond acceptors (Lipinski definition) is 8. The van der Waals surface area contributed by atoms with Crippen molar-refractivity contribution in [2.24, 2.45) is 11.5 Å². The van der Waals surface area contributed by atoms with Crippen molar-refractivity contribution in [3.63, 3.8) is 0 Å². The predicted molar refractivity (Wildman–Crippen MR) is 127 cm³/mol. The smallest absolute Gasteiger partial charge is 0.326 e. The van der Waals surface area contributed by atoms with E-state index in [9.17, 15) is 23.1 Å². The highest BCUT2D eigenvalue weighted by Gasteiger charge is 2.25. The normalized spacial score (nSPS) is 12.6. The summed E-state index contributed by atoms with van der Waals surface area (Å²) < 4.78 is 28.6. The number of nitrogens with one attached hydrogen (secondary N) is 3. The van der Waals surface area contributed by atoms with Crippen LogP contribution in [0.15, 0.2) is 58.8 Å². The van der Waals surface area contributed by atoms with Crippen molar-refractivity contribution in [2.75, 3.05) is 11.3 Å². The molecule has 2 aromatic carbocycles. The minimum absolute atomic E-state index is 0.0622. The van der Waals surface area contributed by atoms with Crippen LogP contribution in [0.5, 0.6) is 0 Å². The van der Waals surface area contributed by atoms with Gasteiger partial charge in [-0.15, -0.1) is 11.3 Å². The molecule has 1 heterocycles. The lowest BCUT2D eigenvalue weighted by molar-refractivity contribution is -0.139. The van der Waals surface area contributed by atoms with E-state index in [-0.39, 0.29) is 21.9 Å². The molecule has 10 nitrogen and oxygen atoms in total. The van der Waals surface area contributed by atoms with Crippen molar-refractivity contribution in [2.45, 2.75) is 30.1 Å². The van der Waals surface area contributed by atoms with E-state index in [1.54, 1.807) is 35.7 Å². The van der Waals surface area contributed by atoms with Crippen LogP contribution in [0.1, 0.15) is 22.5 Å². The van der Waals surface area contributed by atoms with Gasteiger partial charge in [0.05, 0.1) is 10.6 Å². The maximum absolute atomic E-state index is 13.1. The first-order valence-electron chi connectivity index (χ1n) is 10.1. The van der Waals surface area contributed by atoms with Gasteiger partial charge in [-0.25, -0.2) is 13.2 Å². The number of thiophene rings is 1. The molecule has 0 spiro atoms. The molecule has 0 aliphatic carbocycles. The van der Waals surface area contributed by atoms with Gasteiger partial charge in [-0.2, -0.15) is 0 Å². The first-order chi connectivity index (χ1) is 15.7. The minimum Gasteiger partial charge on any atom is -0.480 e. The van der Waals surface area contributed by atoms with E-state index in [0.29, 0.717) is 18.4 Å². The number of nitrogens with two attached hydrogens (primary N) is 2. The number of carbonyl (C=O) groups excluding carboxylic acids is 1. The number of fused-ring (bicyclic) bond motifs is 1. The molecule has 0 fully saturated rings. The maximum atomic E-state index is 13.1. The number of aliphatic carboxylic acids is 1. The molecule has 0 unspecified atom stereocenters. The average Bonchev–Trinajstić information content (AvgIpc) is 3.22. The molecular weight excluding hydrogens is 466 g/mol. The average molecular weight is 492 g/mol. The van der Waals surface area contributed by atoms with Gasteiger partial charge in [0.2, 0.25) is 0 Å². The van der Waals surface area contributed by atoms with Crippen LogP contribution >= 0.6 is 11.3 Å². The number of carboxylic acids is 1. The van der Waals surface area contributed by atoms with Crippen molar-refractivity contribution in [3.8, 4) is 0 Å². The Kier molecular flexibility index (Phi) is 8.00. The van der Waals surface area contributed by atoms with Crippen molar-refractivity contribution in [3.05, 3.63) is 58.8 Å². The maximum Gasteiger partial charge on any atom is 0.326 e. The third-order valence-electron chi connectivity index (χ3n) is 4.81. The van der Waals surface area contributed by atoms with Gasteiger partial charge in [0.25, 0.3) is 15.9 Å². The number of anilines is 1. The molecule has 12 heteroatoms. The van der Waals surface area contributed by atoms with Gasteiger partial charge in [-0.1, -0.05) is 36.4 Å². The fourth-order valence-electron chi connectivity index (χ4n) is 3.25. The summed E-state index contributed by atoms with van der Waals surface area (Å²) in [5, 5.41) is 17.5. The largest absolute Gasteiger partial charge is 0.480 e. The van der Waals surface area contributed by atoms with E-state index in [1.165, 1.54) is 12.1 Å². The Morgan fingerprint density at radius 1 is 1.06 bits per heavy atom. The van der Waals surface area contributed by atoms with Gasteiger partial charge >= 0.3 is 5.97 Å². The molecule has 1 amide bonds. The second-order valence-electron chi connectivity index (χ2n) is 7.23. The zero-order valence-electron chi connectivity index (χ0n) is 17.5. The lowest BCUT2D eigenvalue weighted by atomic mass is 10.1. The van der Waals surface area contributed by atoms with Gasteiger partial charge in [0.1, 0.15) is 17.2 Å². The summed E-state index contributed by atoms with van der Waals surface area (Å²) in [6.45, 7) is 0.381.